The first-order chi connectivity index (χ1) is 9.22. The fourth-order valence-corrected chi connectivity index (χ4v) is 3.01. The van der Waals surface area contributed by atoms with Crippen molar-refractivity contribution < 1.29 is 0 Å². The Morgan fingerprint density at radius 3 is 2.63 bits per heavy atom. The number of hydrogen-bond acceptors (Lipinski definition) is 3. The molecule has 1 aliphatic carbocycles. The zero-order valence-electron chi connectivity index (χ0n) is 12.5. The summed E-state index contributed by atoms with van der Waals surface area (Å²) >= 11 is 0. The maximum Gasteiger partial charge on any atom is 0.128 e. The van der Waals surface area contributed by atoms with Crippen molar-refractivity contribution in [2.24, 2.45) is 5.92 Å². The molecule has 2 unspecified atom stereocenters. The zero-order chi connectivity index (χ0) is 13.7. The Bertz CT molecular complexity index is 370. The van der Waals surface area contributed by atoms with E-state index in [1.807, 2.05) is 6.20 Å². The van der Waals surface area contributed by atoms with Crippen molar-refractivity contribution in [3.63, 3.8) is 0 Å². The second kappa shape index (κ2) is 6.78. The molecule has 1 saturated carbocycles. The highest BCUT2D eigenvalue weighted by molar-refractivity contribution is 5.49. The van der Waals surface area contributed by atoms with Gasteiger partial charge >= 0.3 is 0 Å². The molecule has 1 N–H and O–H groups in total. The monoisotopic (exact) mass is 261 g/mol. The number of nitrogens with zero attached hydrogens (tertiary/aromatic N) is 2. The Hall–Kier alpha value is -1.25. The van der Waals surface area contributed by atoms with Gasteiger partial charge in [0.1, 0.15) is 5.82 Å². The molecule has 0 radical (unpaired) electrons. The summed E-state index contributed by atoms with van der Waals surface area (Å²) in [6.07, 6.45) is 7.30. The van der Waals surface area contributed by atoms with Gasteiger partial charge in [-0.2, -0.15) is 0 Å². The van der Waals surface area contributed by atoms with Crippen LogP contribution in [0.2, 0.25) is 0 Å². The molecular formula is C16H27N3. The van der Waals surface area contributed by atoms with Gasteiger partial charge in [0.2, 0.25) is 0 Å². The van der Waals surface area contributed by atoms with Gasteiger partial charge in [-0.1, -0.05) is 19.8 Å². The summed E-state index contributed by atoms with van der Waals surface area (Å²) in [5, 5.41) is 3.63. The van der Waals surface area contributed by atoms with Crippen molar-refractivity contribution in [3.05, 3.63) is 18.3 Å². The van der Waals surface area contributed by atoms with Crippen molar-refractivity contribution in [1.82, 2.24) is 4.98 Å². The fraction of sp³-hybridized carbons (Fsp3) is 0.688. The maximum atomic E-state index is 4.57. The molecule has 3 heteroatoms. The second-order valence-electron chi connectivity index (χ2n) is 5.69. The molecule has 3 nitrogen and oxygen atoms in total. The molecule has 1 aliphatic rings. The van der Waals surface area contributed by atoms with E-state index in [9.17, 15) is 0 Å². The van der Waals surface area contributed by atoms with Crippen LogP contribution in [-0.2, 0) is 0 Å². The van der Waals surface area contributed by atoms with Gasteiger partial charge in [0.15, 0.2) is 0 Å². The molecule has 1 fully saturated rings. The molecule has 2 rings (SSSR count). The van der Waals surface area contributed by atoms with Crippen LogP contribution in [-0.4, -0.2) is 24.1 Å². The molecule has 0 bridgehead atoms. The standard InChI is InChI=1S/C16H27N3/c1-4-19(5-2)16-10-9-15(12-17-16)18-14-8-6-7-13(3)11-14/h9-10,12-14,18H,4-8,11H2,1-3H3. The van der Waals surface area contributed by atoms with Gasteiger partial charge in [0.25, 0.3) is 0 Å². The highest BCUT2D eigenvalue weighted by atomic mass is 15.2. The smallest absolute Gasteiger partial charge is 0.128 e. The quantitative estimate of drug-likeness (QED) is 0.870. The minimum Gasteiger partial charge on any atom is -0.381 e. The lowest BCUT2D eigenvalue weighted by atomic mass is 9.87. The lowest BCUT2D eigenvalue weighted by Gasteiger charge is -2.28. The van der Waals surface area contributed by atoms with Crippen molar-refractivity contribution >= 4 is 11.5 Å². The normalized spacial score (nSPS) is 23.1. The van der Waals surface area contributed by atoms with Crippen LogP contribution in [0.15, 0.2) is 18.3 Å². The largest absolute Gasteiger partial charge is 0.381 e. The molecule has 0 aromatic carbocycles. The third-order valence-corrected chi connectivity index (χ3v) is 4.14. The summed E-state index contributed by atoms with van der Waals surface area (Å²) in [6.45, 7) is 8.71. The number of anilines is 2. The fourth-order valence-electron chi connectivity index (χ4n) is 3.01. The van der Waals surface area contributed by atoms with Gasteiger partial charge in [-0.15, -0.1) is 0 Å². The summed E-state index contributed by atoms with van der Waals surface area (Å²) in [5.74, 6) is 1.93. The molecule has 19 heavy (non-hydrogen) atoms. The van der Waals surface area contributed by atoms with Crippen LogP contribution in [0.25, 0.3) is 0 Å². The Labute approximate surface area is 117 Å². The molecule has 2 atom stereocenters. The van der Waals surface area contributed by atoms with Gasteiger partial charge in [0.05, 0.1) is 11.9 Å². The lowest BCUT2D eigenvalue weighted by Crippen LogP contribution is -2.26. The highest BCUT2D eigenvalue weighted by Gasteiger charge is 2.18. The minimum atomic E-state index is 0.629. The minimum absolute atomic E-state index is 0.629. The van der Waals surface area contributed by atoms with Gasteiger partial charge in [0, 0.05) is 19.1 Å². The summed E-state index contributed by atoms with van der Waals surface area (Å²) < 4.78 is 0. The maximum absolute atomic E-state index is 4.57. The first-order valence-corrected chi connectivity index (χ1v) is 7.70. The van der Waals surface area contributed by atoms with Gasteiger partial charge in [-0.25, -0.2) is 4.98 Å². The number of pyridine rings is 1. The van der Waals surface area contributed by atoms with E-state index in [1.165, 1.54) is 25.7 Å². The average molecular weight is 261 g/mol. The number of nitrogens with one attached hydrogen (secondary N) is 1. The molecule has 106 valence electrons. The molecule has 1 aromatic rings. The van der Waals surface area contributed by atoms with Crippen LogP contribution in [0.1, 0.15) is 46.5 Å². The third kappa shape index (κ3) is 3.85. The second-order valence-corrected chi connectivity index (χ2v) is 5.69. The van der Waals surface area contributed by atoms with E-state index < -0.39 is 0 Å². The van der Waals surface area contributed by atoms with Crippen LogP contribution >= 0.6 is 0 Å². The number of rotatable bonds is 5. The third-order valence-electron chi connectivity index (χ3n) is 4.14. The van der Waals surface area contributed by atoms with E-state index >= 15 is 0 Å². The van der Waals surface area contributed by atoms with Crippen LogP contribution in [0, 0.1) is 5.92 Å². The van der Waals surface area contributed by atoms with Crippen LogP contribution in [0.5, 0.6) is 0 Å². The van der Waals surface area contributed by atoms with Crippen molar-refractivity contribution in [2.45, 2.75) is 52.5 Å². The van der Waals surface area contributed by atoms with E-state index in [1.54, 1.807) is 0 Å². The van der Waals surface area contributed by atoms with E-state index in [4.69, 9.17) is 0 Å². The zero-order valence-corrected chi connectivity index (χ0v) is 12.5. The summed E-state index contributed by atoms with van der Waals surface area (Å²) in [4.78, 5) is 6.84. The first-order valence-electron chi connectivity index (χ1n) is 7.70. The van der Waals surface area contributed by atoms with Crippen molar-refractivity contribution in [2.75, 3.05) is 23.3 Å². The number of hydrogen-bond donors (Lipinski definition) is 1. The van der Waals surface area contributed by atoms with E-state index in [-0.39, 0.29) is 0 Å². The predicted octanol–water partition coefficient (Wildman–Crippen LogP) is 3.92. The summed E-state index contributed by atoms with van der Waals surface area (Å²) in [7, 11) is 0. The van der Waals surface area contributed by atoms with E-state index in [0.29, 0.717) is 6.04 Å². The van der Waals surface area contributed by atoms with E-state index in [0.717, 1.165) is 30.5 Å². The van der Waals surface area contributed by atoms with Crippen LogP contribution in [0.3, 0.4) is 0 Å². The molecular weight excluding hydrogens is 234 g/mol. The molecule has 1 aromatic heterocycles. The molecule has 0 spiro atoms. The molecule has 1 heterocycles. The van der Waals surface area contributed by atoms with Crippen molar-refractivity contribution in [3.8, 4) is 0 Å². The Morgan fingerprint density at radius 1 is 1.26 bits per heavy atom. The SMILES string of the molecule is CCN(CC)c1ccc(NC2CCCC(C)C2)cn1. The van der Waals surface area contributed by atoms with Crippen LogP contribution in [0.4, 0.5) is 11.5 Å². The lowest BCUT2D eigenvalue weighted by molar-refractivity contribution is 0.358. The van der Waals surface area contributed by atoms with Crippen LogP contribution < -0.4 is 10.2 Å². The van der Waals surface area contributed by atoms with Gasteiger partial charge < -0.3 is 10.2 Å². The first kappa shape index (κ1) is 14.2. The van der Waals surface area contributed by atoms with Gasteiger partial charge in [-0.05, 0) is 44.7 Å². The van der Waals surface area contributed by atoms with Crippen molar-refractivity contribution in [1.29, 1.82) is 0 Å². The topological polar surface area (TPSA) is 28.2 Å². The summed E-state index contributed by atoms with van der Waals surface area (Å²) in [5.41, 5.74) is 1.16. The molecule has 0 aliphatic heterocycles. The Morgan fingerprint density at radius 2 is 2.05 bits per heavy atom. The van der Waals surface area contributed by atoms with E-state index in [2.05, 4.69) is 48.1 Å². The Balaban J connectivity index is 1.94. The Kier molecular flexibility index (Phi) is 5.06. The number of aromatic nitrogens is 1. The molecule has 0 amide bonds. The average Bonchev–Trinajstić information content (AvgIpc) is 2.42. The summed E-state index contributed by atoms with van der Waals surface area (Å²) in [6, 6.07) is 4.92. The highest BCUT2D eigenvalue weighted by Crippen LogP contribution is 2.26. The van der Waals surface area contributed by atoms with Gasteiger partial charge in [-0.3, -0.25) is 0 Å². The predicted molar refractivity (Wildman–Crippen MR) is 82.8 cm³/mol. The molecule has 0 saturated heterocycles.